The van der Waals surface area contributed by atoms with Gasteiger partial charge < -0.3 is 26.2 Å². The number of rotatable bonds is 7. The molecule has 0 fully saturated rings. The van der Waals surface area contributed by atoms with Crippen molar-refractivity contribution in [2.45, 2.75) is 19.0 Å². The maximum absolute atomic E-state index is 11.7. The van der Waals surface area contributed by atoms with Gasteiger partial charge >= 0.3 is 12.0 Å². The molecule has 1 aromatic carbocycles. The van der Waals surface area contributed by atoms with Gasteiger partial charge in [-0.15, -0.1) is 0 Å². The monoisotopic (exact) mass is 281 g/mol. The first-order chi connectivity index (χ1) is 9.56. The number of nitrogens with one attached hydrogen (secondary N) is 3. The minimum absolute atomic E-state index is 0.0391. The Kier molecular flexibility index (Phi) is 6.48. The van der Waals surface area contributed by atoms with Crippen LogP contribution in [0.25, 0.3) is 0 Å². The second-order valence-corrected chi connectivity index (χ2v) is 4.23. The molecular weight excluding hydrogens is 262 g/mol. The molecule has 2 amide bonds. The minimum Gasteiger partial charge on any atom is -0.480 e. The normalized spacial score (nSPS) is 11.7. The van der Waals surface area contributed by atoms with Crippen LogP contribution < -0.4 is 16.0 Å². The number of urea groups is 1. The molecule has 0 aromatic heterocycles. The van der Waals surface area contributed by atoms with Gasteiger partial charge in [-0.1, -0.05) is 12.1 Å². The molecule has 1 rings (SSSR count). The molecule has 1 aromatic rings. The van der Waals surface area contributed by atoms with Gasteiger partial charge in [-0.3, -0.25) is 0 Å². The molecule has 0 saturated heterocycles. The van der Waals surface area contributed by atoms with E-state index in [1.54, 1.807) is 18.2 Å². The fourth-order valence-corrected chi connectivity index (χ4v) is 1.68. The lowest BCUT2D eigenvalue weighted by Crippen LogP contribution is -2.43. The molecule has 0 saturated carbocycles. The predicted octanol–water partition coefficient (Wildman–Crippen LogP) is 0.363. The highest BCUT2D eigenvalue weighted by molar-refractivity contribution is 5.92. The summed E-state index contributed by atoms with van der Waals surface area (Å²) in [7, 11) is 1.82. The molecule has 7 nitrogen and oxygen atoms in total. The van der Waals surface area contributed by atoms with Gasteiger partial charge in [-0.25, -0.2) is 9.59 Å². The van der Waals surface area contributed by atoms with Crippen molar-refractivity contribution in [2.75, 3.05) is 19.0 Å². The largest absolute Gasteiger partial charge is 0.480 e. The first-order valence-electron chi connectivity index (χ1n) is 6.21. The Balaban J connectivity index is 2.61. The lowest BCUT2D eigenvalue weighted by molar-refractivity contribution is -0.139. The van der Waals surface area contributed by atoms with Crippen LogP contribution in [0.3, 0.4) is 0 Å². The van der Waals surface area contributed by atoms with Crippen molar-refractivity contribution in [3.8, 4) is 0 Å². The van der Waals surface area contributed by atoms with Crippen LogP contribution in [0.4, 0.5) is 10.5 Å². The van der Waals surface area contributed by atoms with Gasteiger partial charge in [0, 0.05) is 25.3 Å². The lowest BCUT2D eigenvalue weighted by Gasteiger charge is -2.14. The third kappa shape index (κ3) is 5.25. The number of carboxylic acid groups (broad SMARTS) is 1. The molecule has 1 atom stereocenters. The molecule has 5 N–H and O–H groups in total. The molecule has 0 heterocycles. The highest BCUT2D eigenvalue weighted by Crippen LogP contribution is 2.10. The standard InChI is InChI=1S/C13H19N3O4/c1-14-8-9-3-2-4-10(7-9)15-13(20)16-11(5-6-17)12(18)19/h2-4,7,11,14,17H,5-6,8H2,1H3,(H,18,19)(H2,15,16,20). The van der Waals surface area contributed by atoms with Gasteiger partial charge in [0.15, 0.2) is 0 Å². The van der Waals surface area contributed by atoms with Crippen molar-refractivity contribution < 1.29 is 19.8 Å². The fraction of sp³-hybridized carbons (Fsp3) is 0.385. The maximum Gasteiger partial charge on any atom is 0.326 e. The molecule has 20 heavy (non-hydrogen) atoms. The second-order valence-electron chi connectivity index (χ2n) is 4.23. The van der Waals surface area contributed by atoms with E-state index in [0.29, 0.717) is 12.2 Å². The van der Waals surface area contributed by atoms with E-state index < -0.39 is 18.0 Å². The second kappa shape index (κ2) is 8.13. The summed E-state index contributed by atoms with van der Waals surface area (Å²) < 4.78 is 0. The third-order valence-corrected chi connectivity index (χ3v) is 2.59. The molecular formula is C13H19N3O4. The molecule has 0 aliphatic rings. The van der Waals surface area contributed by atoms with E-state index >= 15 is 0 Å². The number of aliphatic hydroxyl groups excluding tert-OH is 1. The summed E-state index contributed by atoms with van der Waals surface area (Å²) in [5.74, 6) is -1.18. The van der Waals surface area contributed by atoms with Crippen LogP contribution in [0.2, 0.25) is 0 Å². The van der Waals surface area contributed by atoms with Gasteiger partial charge in [0.25, 0.3) is 0 Å². The molecule has 0 spiro atoms. The van der Waals surface area contributed by atoms with Crippen LogP contribution in [0.15, 0.2) is 24.3 Å². The Hall–Kier alpha value is -2.12. The van der Waals surface area contributed by atoms with Crippen molar-refractivity contribution in [3.05, 3.63) is 29.8 Å². The Morgan fingerprint density at radius 2 is 2.10 bits per heavy atom. The Morgan fingerprint density at radius 3 is 2.70 bits per heavy atom. The topological polar surface area (TPSA) is 111 Å². The van der Waals surface area contributed by atoms with E-state index in [0.717, 1.165) is 5.56 Å². The first-order valence-corrected chi connectivity index (χ1v) is 6.21. The van der Waals surface area contributed by atoms with Crippen molar-refractivity contribution >= 4 is 17.7 Å². The van der Waals surface area contributed by atoms with E-state index in [-0.39, 0.29) is 13.0 Å². The average molecular weight is 281 g/mol. The van der Waals surface area contributed by atoms with E-state index in [9.17, 15) is 9.59 Å². The van der Waals surface area contributed by atoms with Crippen molar-refractivity contribution in [1.82, 2.24) is 10.6 Å². The molecule has 110 valence electrons. The van der Waals surface area contributed by atoms with Crippen LogP contribution in [-0.4, -0.2) is 41.9 Å². The van der Waals surface area contributed by atoms with E-state index in [2.05, 4.69) is 16.0 Å². The number of carbonyl (C=O) groups is 2. The van der Waals surface area contributed by atoms with E-state index in [1.165, 1.54) is 0 Å². The van der Waals surface area contributed by atoms with Crippen LogP contribution in [0, 0.1) is 0 Å². The number of amides is 2. The number of benzene rings is 1. The number of aliphatic carboxylic acids is 1. The summed E-state index contributed by atoms with van der Waals surface area (Å²) in [6, 6.07) is 5.47. The number of aliphatic hydroxyl groups is 1. The zero-order valence-electron chi connectivity index (χ0n) is 11.2. The minimum atomic E-state index is -1.18. The summed E-state index contributed by atoms with van der Waals surface area (Å²) in [4.78, 5) is 22.5. The first kappa shape index (κ1) is 15.9. The molecule has 0 aliphatic carbocycles. The Morgan fingerprint density at radius 1 is 1.35 bits per heavy atom. The van der Waals surface area contributed by atoms with E-state index in [4.69, 9.17) is 10.2 Å². The molecule has 7 heteroatoms. The predicted molar refractivity (Wildman–Crippen MR) is 74.5 cm³/mol. The van der Waals surface area contributed by atoms with E-state index in [1.807, 2.05) is 13.1 Å². The summed E-state index contributed by atoms with van der Waals surface area (Å²) in [5.41, 5.74) is 1.57. The Bertz CT molecular complexity index is 465. The average Bonchev–Trinajstić information content (AvgIpc) is 2.38. The number of carbonyl (C=O) groups excluding carboxylic acids is 1. The number of hydrogen-bond acceptors (Lipinski definition) is 4. The van der Waals surface area contributed by atoms with Gasteiger partial charge in [0.2, 0.25) is 0 Å². The van der Waals surface area contributed by atoms with Crippen molar-refractivity contribution in [1.29, 1.82) is 0 Å². The van der Waals surface area contributed by atoms with Crippen LogP contribution in [0.1, 0.15) is 12.0 Å². The van der Waals surface area contributed by atoms with Crippen LogP contribution in [-0.2, 0) is 11.3 Å². The molecule has 1 unspecified atom stereocenters. The zero-order valence-corrected chi connectivity index (χ0v) is 11.2. The zero-order chi connectivity index (χ0) is 15.0. The summed E-state index contributed by atoms with van der Waals surface area (Å²) in [6.07, 6.45) is -0.0391. The van der Waals surface area contributed by atoms with Crippen molar-refractivity contribution in [3.63, 3.8) is 0 Å². The molecule has 0 radical (unpaired) electrons. The number of carboxylic acids is 1. The lowest BCUT2D eigenvalue weighted by atomic mass is 10.2. The van der Waals surface area contributed by atoms with Gasteiger partial charge in [0.05, 0.1) is 0 Å². The van der Waals surface area contributed by atoms with Crippen LogP contribution >= 0.6 is 0 Å². The highest BCUT2D eigenvalue weighted by Gasteiger charge is 2.19. The van der Waals surface area contributed by atoms with Gasteiger partial charge in [-0.05, 0) is 24.7 Å². The van der Waals surface area contributed by atoms with Crippen molar-refractivity contribution in [2.24, 2.45) is 0 Å². The number of hydrogen-bond donors (Lipinski definition) is 5. The van der Waals surface area contributed by atoms with Gasteiger partial charge in [0.1, 0.15) is 6.04 Å². The quantitative estimate of drug-likeness (QED) is 0.496. The maximum atomic E-state index is 11.7. The SMILES string of the molecule is CNCc1cccc(NC(=O)NC(CCO)C(=O)O)c1. The highest BCUT2D eigenvalue weighted by atomic mass is 16.4. The Labute approximate surface area is 117 Å². The third-order valence-electron chi connectivity index (χ3n) is 2.59. The van der Waals surface area contributed by atoms with Gasteiger partial charge in [-0.2, -0.15) is 0 Å². The summed E-state index contributed by atoms with van der Waals surface area (Å²) in [6.45, 7) is 0.355. The molecule has 0 bridgehead atoms. The number of anilines is 1. The smallest absolute Gasteiger partial charge is 0.326 e. The summed E-state index contributed by atoms with van der Waals surface area (Å²) >= 11 is 0. The summed E-state index contributed by atoms with van der Waals surface area (Å²) in [5, 5.41) is 25.5. The van der Waals surface area contributed by atoms with Crippen LogP contribution in [0.5, 0.6) is 0 Å². The molecule has 0 aliphatic heterocycles. The fourth-order valence-electron chi connectivity index (χ4n) is 1.68.